The summed E-state index contributed by atoms with van der Waals surface area (Å²) in [6.45, 7) is 12.0. The molecule has 366 valence electrons. The molecule has 0 spiro atoms. The van der Waals surface area contributed by atoms with Crippen LogP contribution in [0.5, 0.6) is 17.2 Å². The van der Waals surface area contributed by atoms with E-state index in [-0.39, 0.29) is 43.1 Å². The van der Waals surface area contributed by atoms with E-state index in [2.05, 4.69) is 18.2 Å². The summed E-state index contributed by atoms with van der Waals surface area (Å²) in [4.78, 5) is 46.1. The first-order valence-electron chi connectivity index (χ1n) is 24.2. The average Bonchev–Trinajstić information content (AvgIpc) is 3.53. The van der Waals surface area contributed by atoms with Crippen molar-refractivity contribution in [3.8, 4) is 35.5 Å². The minimum atomic E-state index is -4.90. The van der Waals surface area contributed by atoms with Gasteiger partial charge in [0, 0.05) is 61.5 Å². The molecule has 3 amide bonds. The number of benzene rings is 3. The Morgan fingerprint density at radius 1 is 0.586 bits per heavy atom. The first-order chi connectivity index (χ1) is 33.3. The zero-order valence-corrected chi connectivity index (χ0v) is 41.1. The van der Waals surface area contributed by atoms with Crippen molar-refractivity contribution in [2.75, 3.05) is 26.2 Å². The largest absolute Gasteiger partial charge is 0.485 e. The number of hydrogen-bond acceptors (Lipinski definition) is 14. The number of carbonyl (C=O) groups excluding carboxylic acids is 3. The van der Waals surface area contributed by atoms with Crippen LogP contribution in [0.4, 0.5) is 0 Å². The minimum Gasteiger partial charge on any atom is -0.485 e. The van der Waals surface area contributed by atoms with Crippen molar-refractivity contribution >= 4 is 25.5 Å². The number of phosphoric ester groups is 1. The van der Waals surface area contributed by atoms with Crippen LogP contribution in [0.2, 0.25) is 0 Å². The van der Waals surface area contributed by atoms with Crippen LogP contribution in [-0.4, -0.2) is 99.9 Å². The summed E-state index contributed by atoms with van der Waals surface area (Å²) in [5.74, 6) is 0.816. The second-order valence-electron chi connectivity index (χ2n) is 21.0. The third-order valence-corrected chi connectivity index (χ3v) is 16.3. The smallest absolute Gasteiger partial charge is 0.475 e. The van der Waals surface area contributed by atoms with Crippen molar-refractivity contribution in [2.45, 2.75) is 146 Å². The van der Waals surface area contributed by atoms with E-state index in [1.54, 1.807) is 92.1 Å². The highest BCUT2D eigenvalue weighted by molar-refractivity contribution is 7.48. The van der Waals surface area contributed by atoms with Gasteiger partial charge in [0.1, 0.15) is 52.4 Å². The SMILES string of the molecule is CC1(C)Oc2ccc(C#N)cc2[C@H](N2CCCC2=O)[C@H]1OC1CC1COP(=O)(O[C@@H]1[C@@H](N2CCCC2=O)c2cc(C#N)ccc2OC1(C)C)O[C@@H]1[C@@H](N2CCCC2=O)c2cc(C#N)ccc2OC1(C)C. The Morgan fingerprint density at radius 2 is 0.943 bits per heavy atom. The van der Waals surface area contributed by atoms with E-state index in [1.807, 2.05) is 18.7 Å². The van der Waals surface area contributed by atoms with E-state index in [4.69, 9.17) is 32.5 Å². The van der Waals surface area contributed by atoms with Crippen LogP contribution in [0.15, 0.2) is 54.6 Å². The quantitative estimate of drug-likeness (QED) is 0.158. The summed E-state index contributed by atoms with van der Waals surface area (Å²) in [5.41, 5.74) is -0.655. The van der Waals surface area contributed by atoms with Gasteiger partial charge in [-0.2, -0.15) is 15.8 Å². The molecule has 7 aliphatic rings. The number of carbonyl (C=O) groups is 3. The summed E-state index contributed by atoms with van der Waals surface area (Å²) in [5, 5.41) is 29.9. The van der Waals surface area contributed by atoms with Crippen molar-refractivity contribution in [1.82, 2.24) is 14.7 Å². The summed E-state index contributed by atoms with van der Waals surface area (Å²) >= 11 is 0. The topological polar surface area (TPSA) is 214 Å². The standard InChI is InChI=1S/C52H57N6O11P/c1-50(2)47(44(56-19-7-10-41(56)59)34-22-30(26-53)13-16-37(34)65-50)64-40-25-33(40)29-63-70(62,68-48-45(57-20-8-11-42(57)60)35-23-31(27-54)14-17-38(35)66-51(48,3)4)69-49-46(58-21-9-12-43(58)61)36-24-32(28-55)15-18-39(36)67-52(49,5)6/h13-18,22-24,33,40,44-49H,7-12,19-21,25,29H2,1-6H3/t33?,40?,44-,45-,46-,47+,48+,49+/m0/s1. The average molecular weight is 973 g/mol. The zero-order valence-electron chi connectivity index (χ0n) is 40.2. The Bertz CT molecular complexity index is 2710. The maximum Gasteiger partial charge on any atom is 0.475 e. The van der Waals surface area contributed by atoms with Crippen molar-refractivity contribution < 1.29 is 51.5 Å². The Balaban J connectivity index is 1.01. The van der Waals surface area contributed by atoms with Gasteiger partial charge >= 0.3 is 7.82 Å². The third-order valence-electron chi connectivity index (χ3n) is 14.9. The lowest BCUT2D eigenvalue weighted by Gasteiger charge is -2.50. The molecule has 0 aromatic heterocycles. The predicted molar refractivity (Wildman–Crippen MR) is 249 cm³/mol. The van der Waals surface area contributed by atoms with Crippen LogP contribution in [0.3, 0.4) is 0 Å². The first-order valence-corrected chi connectivity index (χ1v) is 25.6. The van der Waals surface area contributed by atoms with Gasteiger partial charge in [-0.25, -0.2) is 4.57 Å². The molecule has 6 aliphatic heterocycles. The molecule has 18 heteroatoms. The Morgan fingerprint density at radius 3 is 1.29 bits per heavy atom. The molecule has 3 saturated heterocycles. The van der Waals surface area contributed by atoms with E-state index in [1.165, 1.54) is 0 Å². The number of amides is 3. The van der Waals surface area contributed by atoms with Gasteiger partial charge < -0.3 is 33.6 Å². The molecular weight excluding hydrogens is 916 g/mol. The normalized spacial score (nSPS) is 29.1. The molecule has 17 nitrogen and oxygen atoms in total. The first kappa shape index (κ1) is 47.7. The fourth-order valence-electron chi connectivity index (χ4n) is 11.3. The lowest BCUT2D eigenvalue weighted by Crippen LogP contribution is -2.56. The van der Waals surface area contributed by atoms with Crippen LogP contribution in [-0.2, 0) is 37.3 Å². The number of phosphoric acid groups is 1. The molecule has 10 rings (SSSR count). The molecule has 4 fully saturated rings. The number of ether oxygens (including phenoxy) is 4. The molecule has 2 unspecified atom stereocenters. The second-order valence-corrected chi connectivity index (χ2v) is 22.6. The van der Waals surface area contributed by atoms with Gasteiger partial charge in [0.15, 0.2) is 0 Å². The fraction of sp³-hybridized carbons (Fsp3) is 0.538. The lowest BCUT2D eigenvalue weighted by atomic mass is 9.84. The molecule has 3 aromatic rings. The molecule has 70 heavy (non-hydrogen) atoms. The number of nitrogens with zero attached hydrogens (tertiary/aromatic N) is 6. The van der Waals surface area contributed by atoms with E-state index in [0.717, 1.165) is 0 Å². The maximum absolute atomic E-state index is 16.3. The predicted octanol–water partition coefficient (Wildman–Crippen LogP) is 7.87. The summed E-state index contributed by atoms with van der Waals surface area (Å²) in [7, 11) is -4.90. The van der Waals surface area contributed by atoms with Gasteiger partial charge in [-0.3, -0.25) is 28.0 Å². The summed E-state index contributed by atoms with van der Waals surface area (Å²) < 4.78 is 63.2. The summed E-state index contributed by atoms with van der Waals surface area (Å²) in [6.07, 6.45) is -0.193. The second kappa shape index (κ2) is 17.7. The number of rotatable bonds is 12. The van der Waals surface area contributed by atoms with E-state index in [0.29, 0.717) is 102 Å². The third kappa shape index (κ3) is 8.58. The molecule has 3 aromatic carbocycles. The van der Waals surface area contributed by atoms with Crippen LogP contribution in [0.25, 0.3) is 0 Å². The molecule has 8 atom stereocenters. The molecule has 6 heterocycles. The fourth-order valence-corrected chi connectivity index (χ4v) is 13.1. The lowest BCUT2D eigenvalue weighted by molar-refractivity contribution is -0.152. The highest BCUT2D eigenvalue weighted by Crippen LogP contribution is 2.62. The van der Waals surface area contributed by atoms with Gasteiger partial charge in [-0.15, -0.1) is 0 Å². The highest BCUT2D eigenvalue weighted by Gasteiger charge is 2.58. The summed E-state index contributed by atoms with van der Waals surface area (Å²) in [6, 6.07) is 19.5. The number of likely N-dealkylation sites (tertiary alicyclic amines) is 3. The van der Waals surface area contributed by atoms with Gasteiger partial charge in [0.25, 0.3) is 0 Å². The van der Waals surface area contributed by atoms with Gasteiger partial charge in [-0.1, -0.05) is 0 Å². The highest BCUT2D eigenvalue weighted by atomic mass is 31.2. The van der Waals surface area contributed by atoms with E-state index < -0.39 is 67.2 Å². The van der Waals surface area contributed by atoms with Crippen LogP contribution in [0.1, 0.15) is 138 Å². The zero-order chi connectivity index (χ0) is 49.5. The Hall–Kier alpha value is -5.99. The molecule has 0 N–H and O–H groups in total. The van der Waals surface area contributed by atoms with Crippen molar-refractivity contribution in [3.05, 3.63) is 88.0 Å². The van der Waals surface area contributed by atoms with E-state index in [9.17, 15) is 30.2 Å². The van der Waals surface area contributed by atoms with Gasteiger partial charge in [0.2, 0.25) is 17.7 Å². The van der Waals surface area contributed by atoms with Crippen LogP contribution >= 0.6 is 7.82 Å². The molecule has 0 radical (unpaired) electrons. The van der Waals surface area contributed by atoms with Crippen LogP contribution < -0.4 is 14.2 Å². The molecule has 1 aliphatic carbocycles. The maximum atomic E-state index is 16.3. The van der Waals surface area contributed by atoms with Crippen LogP contribution in [0, 0.1) is 39.9 Å². The number of fused-ring (bicyclic) bond motifs is 3. The monoisotopic (exact) mass is 972 g/mol. The van der Waals surface area contributed by atoms with Gasteiger partial charge in [-0.05, 0) is 122 Å². The van der Waals surface area contributed by atoms with Gasteiger partial charge in [0.05, 0.1) is 65.7 Å². The molecule has 0 bridgehead atoms. The number of hydrogen-bond donors (Lipinski definition) is 0. The Kier molecular flexibility index (Phi) is 12.1. The van der Waals surface area contributed by atoms with E-state index >= 15 is 4.57 Å². The molecular formula is C52H57N6O11P. The number of nitriles is 3. The van der Waals surface area contributed by atoms with Crippen molar-refractivity contribution in [2.24, 2.45) is 5.92 Å². The Labute approximate surface area is 407 Å². The van der Waals surface area contributed by atoms with Crippen molar-refractivity contribution in [1.29, 1.82) is 15.8 Å². The van der Waals surface area contributed by atoms with Crippen molar-refractivity contribution in [3.63, 3.8) is 0 Å². The molecule has 1 saturated carbocycles. The minimum absolute atomic E-state index is 0.0134.